The molecule has 0 fully saturated rings. The van der Waals surface area contributed by atoms with E-state index in [4.69, 9.17) is 5.84 Å². The van der Waals surface area contributed by atoms with Gasteiger partial charge in [-0.05, 0) is 31.5 Å². The standard InChI is InChI=1S/C16H29N5/c1-14(2)12-19-16(20-17)18-10-7-11-21(3)13-15-8-5-4-6-9-15/h4-6,8-9,14H,7,10-13,17H2,1-3H3,(H2,18,19,20). The van der Waals surface area contributed by atoms with Crippen LogP contribution in [0.4, 0.5) is 0 Å². The van der Waals surface area contributed by atoms with E-state index in [2.05, 4.69) is 65.8 Å². The highest BCUT2D eigenvalue weighted by Gasteiger charge is 2.01. The number of hydrogen-bond donors (Lipinski definition) is 3. The van der Waals surface area contributed by atoms with Crippen molar-refractivity contribution in [1.29, 1.82) is 0 Å². The van der Waals surface area contributed by atoms with Crippen LogP contribution in [0.1, 0.15) is 25.8 Å². The summed E-state index contributed by atoms with van der Waals surface area (Å²) in [6.07, 6.45) is 1.05. The number of hydrogen-bond acceptors (Lipinski definition) is 3. The van der Waals surface area contributed by atoms with Gasteiger partial charge in [0.2, 0.25) is 5.96 Å². The molecule has 0 bridgehead atoms. The molecule has 1 aromatic carbocycles. The summed E-state index contributed by atoms with van der Waals surface area (Å²) >= 11 is 0. The maximum Gasteiger partial charge on any atom is 0.205 e. The summed E-state index contributed by atoms with van der Waals surface area (Å²) in [5.74, 6) is 6.66. The molecule has 0 atom stereocenters. The summed E-state index contributed by atoms with van der Waals surface area (Å²) in [7, 11) is 2.14. The molecule has 0 unspecified atom stereocenters. The SMILES string of the molecule is CC(C)CN=C(NN)NCCCN(C)Cc1ccccc1. The molecule has 5 heteroatoms. The van der Waals surface area contributed by atoms with Gasteiger partial charge in [0.25, 0.3) is 0 Å². The Kier molecular flexibility index (Phi) is 8.47. The minimum atomic E-state index is 0.534. The van der Waals surface area contributed by atoms with Crippen molar-refractivity contribution in [2.75, 3.05) is 26.7 Å². The number of benzene rings is 1. The van der Waals surface area contributed by atoms with Gasteiger partial charge in [0.15, 0.2) is 0 Å². The molecule has 1 rings (SSSR count). The molecule has 0 heterocycles. The van der Waals surface area contributed by atoms with Gasteiger partial charge in [0, 0.05) is 19.6 Å². The largest absolute Gasteiger partial charge is 0.355 e. The number of nitrogens with one attached hydrogen (secondary N) is 2. The second kappa shape index (κ2) is 10.2. The van der Waals surface area contributed by atoms with Crippen LogP contribution < -0.4 is 16.6 Å². The molecule has 0 spiro atoms. The van der Waals surface area contributed by atoms with Crippen molar-refractivity contribution >= 4 is 5.96 Å². The Balaban J connectivity index is 2.19. The molecule has 0 saturated carbocycles. The van der Waals surface area contributed by atoms with Gasteiger partial charge in [-0.15, -0.1) is 0 Å². The number of hydrazine groups is 1. The van der Waals surface area contributed by atoms with Crippen molar-refractivity contribution in [3.8, 4) is 0 Å². The van der Waals surface area contributed by atoms with Crippen LogP contribution in [0.3, 0.4) is 0 Å². The van der Waals surface area contributed by atoms with E-state index in [1.54, 1.807) is 0 Å². The second-order valence-corrected chi connectivity index (χ2v) is 5.73. The highest BCUT2D eigenvalue weighted by Crippen LogP contribution is 2.02. The number of nitrogens with zero attached hydrogens (tertiary/aromatic N) is 2. The zero-order valence-electron chi connectivity index (χ0n) is 13.5. The Labute approximate surface area is 128 Å². The van der Waals surface area contributed by atoms with E-state index in [0.717, 1.165) is 32.6 Å². The Hall–Kier alpha value is -1.59. The molecule has 0 radical (unpaired) electrons. The quantitative estimate of drug-likeness (QED) is 0.224. The summed E-state index contributed by atoms with van der Waals surface area (Å²) in [5, 5.41) is 3.23. The van der Waals surface area contributed by atoms with Gasteiger partial charge in [-0.1, -0.05) is 44.2 Å². The summed E-state index contributed by atoms with van der Waals surface area (Å²) in [6.45, 7) is 7.92. The number of nitrogens with two attached hydrogens (primary N) is 1. The van der Waals surface area contributed by atoms with Crippen LogP contribution in [0, 0.1) is 5.92 Å². The van der Waals surface area contributed by atoms with Gasteiger partial charge in [-0.3, -0.25) is 10.4 Å². The molecule has 0 aliphatic carbocycles. The van der Waals surface area contributed by atoms with Gasteiger partial charge in [-0.2, -0.15) is 0 Å². The molecule has 21 heavy (non-hydrogen) atoms. The van der Waals surface area contributed by atoms with Gasteiger partial charge in [-0.25, -0.2) is 5.84 Å². The van der Waals surface area contributed by atoms with Crippen LogP contribution in [0.25, 0.3) is 0 Å². The predicted octanol–water partition coefficient (Wildman–Crippen LogP) is 1.57. The first-order chi connectivity index (χ1) is 10.1. The first-order valence-corrected chi connectivity index (χ1v) is 7.59. The van der Waals surface area contributed by atoms with Crippen molar-refractivity contribution in [1.82, 2.24) is 15.6 Å². The van der Waals surface area contributed by atoms with E-state index in [0.29, 0.717) is 11.9 Å². The molecule has 4 N–H and O–H groups in total. The van der Waals surface area contributed by atoms with Crippen molar-refractivity contribution in [3.63, 3.8) is 0 Å². The van der Waals surface area contributed by atoms with Gasteiger partial charge < -0.3 is 10.2 Å². The minimum Gasteiger partial charge on any atom is -0.355 e. The zero-order chi connectivity index (χ0) is 15.5. The Morgan fingerprint density at radius 3 is 2.62 bits per heavy atom. The van der Waals surface area contributed by atoms with E-state index < -0.39 is 0 Å². The minimum absolute atomic E-state index is 0.534. The average Bonchev–Trinajstić information content (AvgIpc) is 2.47. The summed E-state index contributed by atoms with van der Waals surface area (Å²) in [4.78, 5) is 6.70. The first kappa shape index (κ1) is 17.5. The lowest BCUT2D eigenvalue weighted by Gasteiger charge is -2.17. The molecule has 118 valence electrons. The number of aliphatic imine (C=N–C) groups is 1. The fraction of sp³-hybridized carbons (Fsp3) is 0.562. The lowest BCUT2D eigenvalue weighted by molar-refractivity contribution is 0.322. The molecule has 0 aliphatic heterocycles. The molecule has 1 aromatic rings. The van der Waals surface area contributed by atoms with E-state index in [9.17, 15) is 0 Å². The molecular formula is C16H29N5. The van der Waals surface area contributed by atoms with Crippen LogP contribution in [-0.2, 0) is 6.54 Å². The van der Waals surface area contributed by atoms with E-state index >= 15 is 0 Å². The predicted molar refractivity (Wildman–Crippen MR) is 89.9 cm³/mol. The monoisotopic (exact) mass is 291 g/mol. The van der Waals surface area contributed by atoms with Crippen LogP contribution in [0.5, 0.6) is 0 Å². The number of rotatable bonds is 8. The fourth-order valence-electron chi connectivity index (χ4n) is 1.96. The third-order valence-corrected chi connectivity index (χ3v) is 3.06. The third-order valence-electron chi connectivity index (χ3n) is 3.06. The van der Waals surface area contributed by atoms with Crippen molar-refractivity contribution in [3.05, 3.63) is 35.9 Å². The maximum atomic E-state index is 5.45. The molecule has 0 aromatic heterocycles. The Bertz CT molecular complexity index is 402. The van der Waals surface area contributed by atoms with Gasteiger partial charge in [0.1, 0.15) is 0 Å². The topological polar surface area (TPSA) is 65.7 Å². The fourth-order valence-corrected chi connectivity index (χ4v) is 1.96. The summed E-state index contributed by atoms with van der Waals surface area (Å²) in [5.41, 5.74) is 3.95. The van der Waals surface area contributed by atoms with Crippen LogP contribution in [0.2, 0.25) is 0 Å². The van der Waals surface area contributed by atoms with Gasteiger partial charge >= 0.3 is 0 Å². The average molecular weight is 291 g/mol. The van der Waals surface area contributed by atoms with Crippen molar-refractivity contribution in [2.45, 2.75) is 26.8 Å². The van der Waals surface area contributed by atoms with Gasteiger partial charge in [0.05, 0.1) is 0 Å². The van der Waals surface area contributed by atoms with Crippen molar-refractivity contribution in [2.24, 2.45) is 16.8 Å². The normalized spacial score (nSPS) is 12.0. The molecule has 5 nitrogen and oxygen atoms in total. The summed E-state index contributed by atoms with van der Waals surface area (Å²) in [6, 6.07) is 10.5. The first-order valence-electron chi connectivity index (χ1n) is 7.59. The molecule has 0 amide bonds. The van der Waals surface area contributed by atoms with E-state index in [-0.39, 0.29) is 0 Å². The smallest absolute Gasteiger partial charge is 0.205 e. The van der Waals surface area contributed by atoms with Crippen LogP contribution in [-0.4, -0.2) is 37.5 Å². The number of guanidine groups is 1. The van der Waals surface area contributed by atoms with Crippen LogP contribution in [0.15, 0.2) is 35.3 Å². The molecule has 0 saturated heterocycles. The highest BCUT2D eigenvalue weighted by molar-refractivity contribution is 5.79. The highest BCUT2D eigenvalue weighted by atomic mass is 15.3. The third kappa shape index (κ3) is 8.32. The Morgan fingerprint density at radius 1 is 1.29 bits per heavy atom. The van der Waals surface area contributed by atoms with E-state index in [1.165, 1.54) is 5.56 Å². The lowest BCUT2D eigenvalue weighted by atomic mass is 10.2. The zero-order valence-corrected chi connectivity index (χ0v) is 13.5. The lowest BCUT2D eigenvalue weighted by Crippen LogP contribution is -2.42. The van der Waals surface area contributed by atoms with E-state index in [1.807, 2.05) is 6.07 Å². The maximum absolute atomic E-state index is 5.45. The summed E-state index contributed by atoms with van der Waals surface area (Å²) < 4.78 is 0. The Morgan fingerprint density at radius 2 is 2.00 bits per heavy atom. The second-order valence-electron chi connectivity index (χ2n) is 5.73. The van der Waals surface area contributed by atoms with Crippen molar-refractivity contribution < 1.29 is 0 Å². The van der Waals surface area contributed by atoms with Crippen LogP contribution >= 0.6 is 0 Å². The molecular weight excluding hydrogens is 262 g/mol. The molecule has 0 aliphatic rings.